The number of methoxy groups -OCH3 is 1. The van der Waals surface area contributed by atoms with Crippen molar-refractivity contribution >= 4 is 21.6 Å². The van der Waals surface area contributed by atoms with Crippen LogP contribution >= 0.6 is 0 Å². The third-order valence-corrected chi connectivity index (χ3v) is 8.33. The number of nitrogens with zero attached hydrogens (tertiary/aromatic N) is 4. The fourth-order valence-electron chi connectivity index (χ4n) is 4.74. The van der Waals surface area contributed by atoms with Crippen LogP contribution in [0.5, 0.6) is 5.75 Å². The monoisotopic (exact) mass is 573 g/mol. The number of hydrogen-bond donors (Lipinski definition) is 1. The Balaban J connectivity index is 1.66. The first-order valence-electron chi connectivity index (χ1n) is 13.0. The molecule has 2 aromatic carbocycles. The number of hydrogen-bond acceptors (Lipinski definition) is 7. The van der Waals surface area contributed by atoms with E-state index >= 15 is 0 Å². The van der Waals surface area contributed by atoms with E-state index in [4.69, 9.17) is 9.47 Å². The van der Waals surface area contributed by atoms with Crippen molar-refractivity contribution in [2.24, 2.45) is 13.0 Å². The number of anilines is 1. The third-order valence-electron chi connectivity index (χ3n) is 7.06. The molecule has 0 saturated heterocycles. The molecule has 1 aromatic heterocycles. The zero-order valence-electron chi connectivity index (χ0n) is 23.4. The van der Waals surface area contributed by atoms with Crippen LogP contribution in [0.15, 0.2) is 60.0 Å². The second-order valence-corrected chi connectivity index (χ2v) is 12.0. The van der Waals surface area contributed by atoms with Gasteiger partial charge in [-0.05, 0) is 42.7 Å². The molecule has 1 aliphatic heterocycles. The summed E-state index contributed by atoms with van der Waals surface area (Å²) in [6.45, 7) is 5.73. The van der Waals surface area contributed by atoms with Gasteiger partial charge in [0.25, 0.3) is 15.9 Å². The quantitative estimate of drug-likeness (QED) is 0.482. The molecule has 0 radical (unpaired) electrons. The first-order chi connectivity index (χ1) is 19.0. The number of aromatic nitrogens is 2. The second-order valence-electron chi connectivity index (χ2n) is 10.4. The van der Waals surface area contributed by atoms with Crippen molar-refractivity contribution in [1.29, 1.82) is 0 Å². The van der Waals surface area contributed by atoms with Crippen LogP contribution in [0.2, 0.25) is 0 Å². The third kappa shape index (κ3) is 6.98. The van der Waals surface area contributed by atoms with Gasteiger partial charge in [0.1, 0.15) is 18.2 Å². The van der Waals surface area contributed by atoms with Crippen molar-refractivity contribution in [2.75, 3.05) is 38.6 Å². The predicted octanol–water partition coefficient (Wildman–Crippen LogP) is 3.37. The molecule has 40 heavy (non-hydrogen) atoms. The van der Waals surface area contributed by atoms with Crippen LogP contribution < -0.4 is 9.46 Å². The summed E-state index contributed by atoms with van der Waals surface area (Å²) in [5.41, 5.74) is 1.37. The van der Waals surface area contributed by atoms with Crippen molar-refractivity contribution in [3.63, 3.8) is 0 Å². The molecule has 0 saturated carbocycles. The van der Waals surface area contributed by atoms with Gasteiger partial charge < -0.3 is 18.9 Å². The molecule has 3 atom stereocenters. The van der Waals surface area contributed by atoms with E-state index in [2.05, 4.69) is 21.5 Å². The van der Waals surface area contributed by atoms with Crippen LogP contribution in [-0.4, -0.2) is 79.7 Å². The van der Waals surface area contributed by atoms with E-state index in [1.165, 1.54) is 41.4 Å². The lowest BCUT2D eigenvalue weighted by atomic mass is 10.0. The highest BCUT2D eigenvalue weighted by Crippen LogP contribution is 2.28. The fraction of sp³-hybridized carbons (Fsp3) is 0.429. The number of likely N-dealkylation sites (N-methyl/N-ethyl adjacent to an activating group) is 1. The average Bonchev–Trinajstić information content (AvgIpc) is 3.36. The van der Waals surface area contributed by atoms with Crippen molar-refractivity contribution in [3.8, 4) is 5.75 Å². The summed E-state index contributed by atoms with van der Waals surface area (Å²) >= 11 is 0. The van der Waals surface area contributed by atoms with Crippen molar-refractivity contribution in [3.05, 3.63) is 71.9 Å². The number of amides is 1. The standard InChI is InChI=1S/C28H36FN5O5S/c1-19-13-34(14-21-7-6-8-22(29)11-21)20(2)17-39-25-12-23(31-40(36,37)27-16-32(3)18-30-27)9-10-24(25)28(35)33(4)15-26(19)38-5/h6-12,16,18-20,26,31H,13-15,17H2,1-5H3/t19-,20+,26-/m1/s1. The first kappa shape index (κ1) is 29.5. The number of carbonyl (C=O) groups is 1. The van der Waals surface area contributed by atoms with Gasteiger partial charge in [-0.2, -0.15) is 8.42 Å². The number of fused-ring (bicyclic) bond motifs is 1. The number of benzene rings is 2. The van der Waals surface area contributed by atoms with Gasteiger partial charge in [-0.25, -0.2) is 9.37 Å². The summed E-state index contributed by atoms with van der Waals surface area (Å²) < 4.78 is 55.7. The largest absolute Gasteiger partial charge is 0.491 e. The maximum atomic E-state index is 13.9. The number of ether oxygens (including phenoxy) is 2. The highest BCUT2D eigenvalue weighted by molar-refractivity contribution is 7.92. The molecular formula is C28H36FN5O5S. The van der Waals surface area contributed by atoms with Crippen molar-refractivity contribution < 1.29 is 27.1 Å². The van der Waals surface area contributed by atoms with Gasteiger partial charge in [-0.15, -0.1) is 0 Å². The minimum absolute atomic E-state index is 0.0542. The maximum Gasteiger partial charge on any atom is 0.280 e. The predicted molar refractivity (Wildman–Crippen MR) is 149 cm³/mol. The Kier molecular flexibility index (Phi) is 9.12. The number of carbonyl (C=O) groups excluding carboxylic acids is 1. The Morgan fingerprint density at radius 1 is 1.15 bits per heavy atom. The van der Waals surface area contributed by atoms with E-state index in [9.17, 15) is 17.6 Å². The van der Waals surface area contributed by atoms with E-state index in [1.54, 1.807) is 38.2 Å². The Bertz CT molecular complexity index is 1450. The van der Waals surface area contributed by atoms with E-state index in [1.807, 2.05) is 13.0 Å². The molecule has 0 bridgehead atoms. The lowest BCUT2D eigenvalue weighted by molar-refractivity contribution is 0.00920. The summed E-state index contributed by atoms with van der Waals surface area (Å²) in [6.07, 6.45) is 2.55. The molecule has 0 unspecified atom stereocenters. The Morgan fingerprint density at radius 3 is 2.60 bits per heavy atom. The van der Waals surface area contributed by atoms with Crippen LogP contribution in [0.3, 0.4) is 0 Å². The molecule has 1 amide bonds. The summed E-state index contributed by atoms with van der Waals surface area (Å²) in [5, 5.41) is -0.124. The number of nitrogens with one attached hydrogen (secondary N) is 1. The summed E-state index contributed by atoms with van der Waals surface area (Å²) in [6, 6.07) is 11.0. The lowest BCUT2D eigenvalue weighted by Gasteiger charge is -2.36. The van der Waals surface area contributed by atoms with E-state index in [0.29, 0.717) is 25.2 Å². The highest BCUT2D eigenvalue weighted by Gasteiger charge is 2.29. The van der Waals surface area contributed by atoms with Gasteiger partial charge in [0.2, 0.25) is 0 Å². The molecule has 4 rings (SSSR count). The number of sulfonamides is 1. The summed E-state index contributed by atoms with van der Waals surface area (Å²) in [7, 11) is 1.06. The van der Waals surface area contributed by atoms with Crippen molar-refractivity contribution in [1.82, 2.24) is 19.4 Å². The van der Waals surface area contributed by atoms with Crippen LogP contribution in [0.1, 0.15) is 29.8 Å². The fourth-order valence-corrected chi connectivity index (χ4v) is 5.77. The molecule has 1 aliphatic rings. The van der Waals surface area contributed by atoms with Gasteiger partial charge >= 0.3 is 0 Å². The maximum absolute atomic E-state index is 13.9. The van der Waals surface area contributed by atoms with Crippen LogP contribution in [0, 0.1) is 11.7 Å². The molecule has 0 spiro atoms. The number of halogens is 1. The van der Waals surface area contributed by atoms with Gasteiger partial charge in [0.05, 0.1) is 23.7 Å². The second kappa shape index (κ2) is 12.4. The lowest BCUT2D eigenvalue weighted by Crippen LogP contribution is -2.46. The van der Waals surface area contributed by atoms with Crippen molar-refractivity contribution in [2.45, 2.75) is 37.6 Å². The number of aryl methyl sites for hydroxylation is 1. The smallest absolute Gasteiger partial charge is 0.280 e. The van der Waals surface area contributed by atoms with Gasteiger partial charge in [-0.3, -0.25) is 14.4 Å². The number of imidazole rings is 1. The molecule has 1 N–H and O–H groups in total. The zero-order valence-corrected chi connectivity index (χ0v) is 24.2. The SMILES string of the molecule is CO[C@@H]1CN(C)C(=O)c2ccc(NS(=O)(=O)c3cn(C)cn3)cc2OC[C@H](C)N(Cc2cccc(F)c2)C[C@H]1C. The Morgan fingerprint density at radius 2 is 1.93 bits per heavy atom. The molecular weight excluding hydrogens is 537 g/mol. The molecule has 0 fully saturated rings. The summed E-state index contributed by atoms with van der Waals surface area (Å²) in [4.78, 5) is 21.1. The minimum Gasteiger partial charge on any atom is -0.491 e. The normalized spacial score (nSPS) is 21.2. The van der Waals surface area contributed by atoms with Gasteiger partial charge in [0, 0.05) is 59.1 Å². The number of rotatable bonds is 6. The molecule has 12 heteroatoms. The van der Waals surface area contributed by atoms with E-state index < -0.39 is 10.0 Å². The highest BCUT2D eigenvalue weighted by atomic mass is 32.2. The van der Waals surface area contributed by atoms with Gasteiger partial charge in [0.15, 0.2) is 5.03 Å². The molecule has 0 aliphatic carbocycles. The first-order valence-corrected chi connectivity index (χ1v) is 14.5. The van der Waals surface area contributed by atoms with E-state index in [0.717, 1.165) is 5.56 Å². The zero-order chi connectivity index (χ0) is 29.0. The minimum atomic E-state index is -3.95. The molecule has 2 heterocycles. The Hall–Kier alpha value is -3.48. The Labute approximate surface area is 234 Å². The molecule has 216 valence electrons. The molecule has 10 nitrogen and oxygen atoms in total. The van der Waals surface area contributed by atoms with Crippen LogP contribution in [0.25, 0.3) is 0 Å². The summed E-state index contributed by atoms with van der Waals surface area (Å²) in [5.74, 6) is -0.265. The van der Waals surface area contributed by atoms with Gasteiger partial charge in [-0.1, -0.05) is 19.1 Å². The van der Waals surface area contributed by atoms with Crippen LogP contribution in [-0.2, 0) is 28.4 Å². The topological polar surface area (TPSA) is 106 Å². The van der Waals surface area contributed by atoms with Crippen LogP contribution in [0.4, 0.5) is 10.1 Å². The van der Waals surface area contributed by atoms with E-state index in [-0.39, 0.29) is 52.9 Å². The average molecular weight is 574 g/mol. The molecule has 3 aromatic rings.